The summed E-state index contributed by atoms with van der Waals surface area (Å²) >= 11 is 5.21. The van der Waals surface area contributed by atoms with E-state index in [1.54, 1.807) is 24.1 Å². The predicted molar refractivity (Wildman–Crippen MR) is 157 cm³/mol. The Bertz CT molecular complexity index is 1380. The van der Waals surface area contributed by atoms with E-state index in [-0.39, 0.29) is 35.3 Å². The number of ether oxygens (including phenoxy) is 1. The number of carbonyl (C=O) groups excluding carboxylic acids is 2. The minimum absolute atomic E-state index is 0.0214. The van der Waals surface area contributed by atoms with Crippen LogP contribution in [-0.2, 0) is 11.2 Å². The van der Waals surface area contributed by atoms with Crippen LogP contribution in [0.2, 0.25) is 0 Å². The van der Waals surface area contributed by atoms with Crippen molar-refractivity contribution in [3.63, 3.8) is 0 Å². The lowest BCUT2D eigenvalue weighted by Gasteiger charge is -2.34. The van der Waals surface area contributed by atoms with Gasteiger partial charge < -0.3 is 25.2 Å². The minimum atomic E-state index is -0.636. The molecule has 0 bridgehead atoms. The fraction of sp³-hybridized carbons (Fsp3) is 0.310. The van der Waals surface area contributed by atoms with Crippen LogP contribution in [-0.4, -0.2) is 65.1 Å². The molecule has 0 aliphatic carbocycles. The van der Waals surface area contributed by atoms with Gasteiger partial charge in [0.25, 0.3) is 0 Å². The quantitative estimate of drug-likeness (QED) is 0.350. The number of rotatable bonds is 7. The fourth-order valence-corrected chi connectivity index (χ4v) is 4.65. The Morgan fingerprint density at radius 2 is 1.90 bits per heavy atom. The molecule has 210 valence electrons. The lowest BCUT2D eigenvalue weighted by atomic mass is 10.0. The molecule has 1 fully saturated rings. The molecule has 1 aliphatic rings. The Labute approximate surface area is 238 Å². The first-order chi connectivity index (χ1) is 19.2. The first kappa shape index (κ1) is 28.9. The second kappa shape index (κ2) is 13.3. The van der Waals surface area contributed by atoms with Gasteiger partial charge in [0.2, 0.25) is 5.91 Å². The largest absolute Gasteiger partial charge is 0.454 e. The molecule has 9 nitrogen and oxygen atoms in total. The lowest BCUT2D eigenvalue weighted by Crippen LogP contribution is -2.46. The maximum Gasteiger partial charge on any atom is 0.323 e. The van der Waals surface area contributed by atoms with Crippen molar-refractivity contribution in [1.82, 2.24) is 20.1 Å². The van der Waals surface area contributed by atoms with Crippen LogP contribution in [0, 0.1) is 12.7 Å². The molecular formula is C29H33FN6O3S. The number of aromatic nitrogens is 1. The molecule has 1 saturated heterocycles. The number of thiocarbonyl (C=S) groups is 1. The van der Waals surface area contributed by atoms with Crippen LogP contribution in [0.15, 0.2) is 60.8 Å². The van der Waals surface area contributed by atoms with Gasteiger partial charge in [-0.1, -0.05) is 29.8 Å². The van der Waals surface area contributed by atoms with E-state index in [1.807, 2.05) is 31.2 Å². The van der Waals surface area contributed by atoms with Crippen LogP contribution < -0.4 is 20.7 Å². The summed E-state index contributed by atoms with van der Waals surface area (Å²) in [6.07, 6.45) is 3.47. The summed E-state index contributed by atoms with van der Waals surface area (Å²) in [6.45, 7) is 3.84. The topological polar surface area (TPSA) is 98.8 Å². The van der Waals surface area contributed by atoms with Crippen LogP contribution in [0.5, 0.6) is 11.5 Å². The zero-order valence-electron chi connectivity index (χ0n) is 22.7. The number of carbonyl (C=O) groups is 2. The van der Waals surface area contributed by atoms with E-state index >= 15 is 0 Å². The number of halogens is 1. The van der Waals surface area contributed by atoms with E-state index < -0.39 is 5.82 Å². The number of amides is 3. The molecule has 1 aliphatic heterocycles. The Morgan fingerprint density at radius 3 is 2.62 bits per heavy atom. The summed E-state index contributed by atoms with van der Waals surface area (Å²) in [5, 5.41) is 8.26. The van der Waals surface area contributed by atoms with Crippen molar-refractivity contribution >= 4 is 40.8 Å². The number of pyridine rings is 1. The van der Waals surface area contributed by atoms with E-state index in [2.05, 4.69) is 32.9 Å². The molecule has 3 N–H and O–H groups in total. The van der Waals surface area contributed by atoms with Gasteiger partial charge in [0.05, 0.1) is 6.42 Å². The normalized spacial score (nSPS) is 13.8. The average Bonchev–Trinajstić information content (AvgIpc) is 2.90. The first-order valence-electron chi connectivity index (χ1n) is 13.0. The Balaban J connectivity index is 1.30. The summed E-state index contributed by atoms with van der Waals surface area (Å²) in [5.41, 5.74) is 2.29. The van der Waals surface area contributed by atoms with Gasteiger partial charge >= 0.3 is 6.03 Å². The Morgan fingerprint density at radius 1 is 1.12 bits per heavy atom. The number of hydrogen-bond donors (Lipinski definition) is 3. The van der Waals surface area contributed by atoms with Crippen molar-refractivity contribution in [3.05, 3.63) is 77.7 Å². The standard InChI is InChI=1S/C29H33FN6O3S/c1-19-5-4-6-20(15-19)16-27(37)34-28(40)32-21-7-8-25(24(30)17-21)39-23-9-12-31-26(18-23)33-29(38)36(3)22-10-13-35(2)14-11-22/h4-9,12,15,17-18,22H,10-11,13-14,16H2,1-3H3,(H,31,33,38)(H2,32,34,37,40). The molecule has 4 rings (SSSR count). The molecule has 1 aromatic heterocycles. The number of hydrogen-bond acceptors (Lipinski definition) is 6. The van der Waals surface area contributed by atoms with Crippen LogP contribution in [0.3, 0.4) is 0 Å². The number of anilines is 2. The van der Waals surface area contributed by atoms with Gasteiger partial charge in [-0.25, -0.2) is 14.2 Å². The second-order valence-electron chi connectivity index (χ2n) is 9.87. The predicted octanol–water partition coefficient (Wildman–Crippen LogP) is 4.94. The molecule has 2 heterocycles. The highest BCUT2D eigenvalue weighted by atomic mass is 32.1. The molecule has 11 heteroatoms. The highest BCUT2D eigenvalue weighted by Crippen LogP contribution is 2.28. The number of urea groups is 1. The SMILES string of the molecule is Cc1cccc(CC(=O)NC(=S)Nc2ccc(Oc3ccnc(NC(=O)N(C)C4CCN(C)CC4)c3)c(F)c2)c1. The molecule has 0 unspecified atom stereocenters. The van der Waals surface area contributed by atoms with Gasteiger partial charge in [-0.3, -0.25) is 10.1 Å². The van der Waals surface area contributed by atoms with Gasteiger partial charge in [0, 0.05) is 37.1 Å². The van der Waals surface area contributed by atoms with Gasteiger partial charge in [-0.05, 0) is 75.9 Å². The third kappa shape index (κ3) is 8.20. The Kier molecular flexibility index (Phi) is 9.62. The van der Waals surface area contributed by atoms with Crippen molar-refractivity contribution in [1.29, 1.82) is 0 Å². The molecule has 2 aromatic carbocycles. The molecule has 0 spiro atoms. The highest BCUT2D eigenvalue weighted by molar-refractivity contribution is 7.80. The van der Waals surface area contributed by atoms with Crippen molar-refractivity contribution < 1.29 is 18.7 Å². The zero-order valence-corrected chi connectivity index (χ0v) is 23.6. The van der Waals surface area contributed by atoms with E-state index in [4.69, 9.17) is 17.0 Å². The number of nitrogens with zero attached hydrogens (tertiary/aromatic N) is 3. The van der Waals surface area contributed by atoms with Crippen LogP contribution in [0.1, 0.15) is 24.0 Å². The summed E-state index contributed by atoms with van der Waals surface area (Å²) in [4.78, 5) is 33.2. The number of nitrogens with one attached hydrogen (secondary N) is 3. The molecule has 3 aromatic rings. The van der Waals surface area contributed by atoms with Gasteiger partial charge in [-0.15, -0.1) is 0 Å². The fourth-order valence-electron chi connectivity index (χ4n) is 4.42. The van der Waals surface area contributed by atoms with Crippen LogP contribution in [0.4, 0.5) is 20.7 Å². The number of benzene rings is 2. The summed E-state index contributed by atoms with van der Waals surface area (Å²) < 4.78 is 20.5. The van der Waals surface area contributed by atoms with E-state index in [1.165, 1.54) is 24.4 Å². The first-order valence-corrected chi connectivity index (χ1v) is 13.4. The van der Waals surface area contributed by atoms with Gasteiger partial charge in [0.1, 0.15) is 11.6 Å². The summed E-state index contributed by atoms with van der Waals surface area (Å²) in [5.74, 6) is -0.324. The van der Waals surface area contributed by atoms with Crippen LogP contribution >= 0.6 is 12.2 Å². The third-order valence-corrected chi connectivity index (χ3v) is 6.84. The average molecular weight is 565 g/mol. The Hall–Kier alpha value is -4.09. The molecule has 40 heavy (non-hydrogen) atoms. The van der Waals surface area contributed by atoms with E-state index in [9.17, 15) is 14.0 Å². The van der Waals surface area contributed by atoms with Crippen molar-refractivity contribution in [2.24, 2.45) is 0 Å². The lowest BCUT2D eigenvalue weighted by molar-refractivity contribution is -0.119. The van der Waals surface area contributed by atoms with E-state index in [0.29, 0.717) is 17.3 Å². The van der Waals surface area contributed by atoms with Crippen LogP contribution in [0.25, 0.3) is 0 Å². The number of likely N-dealkylation sites (tertiary alicyclic amines) is 1. The maximum absolute atomic E-state index is 14.8. The summed E-state index contributed by atoms with van der Waals surface area (Å²) in [6, 6.07) is 14.9. The summed E-state index contributed by atoms with van der Waals surface area (Å²) in [7, 11) is 3.85. The maximum atomic E-state index is 14.8. The van der Waals surface area contributed by atoms with Crippen molar-refractivity contribution in [2.45, 2.75) is 32.2 Å². The molecule has 3 amide bonds. The third-order valence-electron chi connectivity index (χ3n) is 6.64. The number of aryl methyl sites for hydroxylation is 1. The van der Waals surface area contributed by atoms with Crippen molar-refractivity contribution in [2.75, 3.05) is 37.8 Å². The monoisotopic (exact) mass is 564 g/mol. The molecule has 0 atom stereocenters. The van der Waals surface area contributed by atoms with Gasteiger partial charge in [0.15, 0.2) is 16.7 Å². The smallest absolute Gasteiger partial charge is 0.323 e. The van der Waals surface area contributed by atoms with E-state index in [0.717, 1.165) is 37.1 Å². The molecular weight excluding hydrogens is 531 g/mol. The molecule has 0 saturated carbocycles. The molecule has 0 radical (unpaired) electrons. The second-order valence-corrected chi connectivity index (χ2v) is 10.3. The van der Waals surface area contributed by atoms with Gasteiger partial charge in [-0.2, -0.15) is 0 Å². The number of piperidine rings is 1. The highest BCUT2D eigenvalue weighted by Gasteiger charge is 2.24. The minimum Gasteiger partial charge on any atom is -0.454 e. The zero-order chi connectivity index (χ0) is 28.6. The van der Waals surface area contributed by atoms with Crippen molar-refractivity contribution in [3.8, 4) is 11.5 Å².